The van der Waals surface area contributed by atoms with Crippen LogP contribution in [0.2, 0.25) is 0 Å². The van der Waals surface area contributed by atoms with Gasteiger partial charge < -0.3 is 4.79 Å². The van der Waals surface area contributed by atoms with Crippen LogP contribution < -0.4 is 0 Å². The summed E-state index contributed by atoms with van der Waals surface area (Å²) >= 11 is 0. The number of hydrogen-bond acceptors (Lipinski definition) is 3. The molecule has 0 N–H and O–H groups in total. The standard InChI is InChI=1S/C8H13NO2/c10-6-8-5-7-3-1-2-4-9(7)11-8/h6-8H,1-5H2/t7-,8-/m1/s1. The van der Waals surface area contributed by atoms with Gasteiger partial charge in [0.05, 0.1) is 0 Å². The minimum atomic E-state index is -0.155. The fourth-order valence-electron chi connectivity index (χ4n) is 1.91. The average molecular weight is 155 g/mol. The Labute approximate surface area is 66.3 Å². The molecule has 0 aromatic rings. The van der Waals surface area contributed by atoms with E-state index in [1.54, 1.807) is 0 Å². The highest BCUT2D eigenvalue weighted by Crippen LogP contribution is 2.27. The van der Waals surface area contributed by atoms with Crippen molar-refractivity contribution in [1.29, 1.82) is 0 Å². The van der Waals surface area contributed by atoms with Crippen molar-refractivity contribution < 1.29 is 9.63 Å². The molecule has 3 nitrogen and oxygen atoms in total. The Kier molecular flexibility index (Phi) is 1.92. The lowest BCUT2D eigenvalue weighted by Gasteiger charge is -2.26. The van der Waals surface area contributed by atoms with E-state index < -0.39 is 0 Å². The van der Waals surface area contributed by atoms with Crippen LogP contribution in [0.3, 0.4) is 0 Å². The first kappa shape index (κ1) is 7.25. The number of hydroxylamine groups is 2. The molecule has 2 aliphatic rings. The highest BCUT2D eigenvalue weighted by atomic mass is 16.7. The smallest absolute Gasteiger partial charge is 0.150 e. The summed E-state index contributed by atoms with van der Waals surface area (Å²) in [6.45, 7) is 1.01. The van der Waals surface area contributed by atoms with Crippen LogP contribution in [0.1, 0.15) is 25.7 Å². The zero-order valence-corrected chi connectivity index (χ0v) is 6.53. The van der Waals surface area contributed by atoms with Crippen molar-refractivity contribution in [2.24, 2.45) is 0 Å². The van der Waals surface area contributed by atoms with Crippen LogP contribution in [0.15, 0.2) is 0 Å². The van der Waals surface area contributed by atoms with Gasteiger partial charge in [0.15, 0.2) is 6.29 Å². The van der Waals surface area contributed by atoms with Crippen LogP contribution in [-0.2, 0) is 9.63 Å². The van der Waals surface area contributed by atoms with Crippen LogP contribution >= 0.6 is 0 Å². The molecule has 3 heteroatoms. The number of aldehydes is 1. The van der Waals surface area contributed by atoms with Gasteiger partial charge in [0.2, 0.25) is 0 Å². The maximum Gasteiger partial charge on any atom is 0.150 e. The molecular formula is C8H13NO2. The van der Waals surface area contributed by atoms with Crippen molar-refractivity contribution >= 4 is 6.29 Å². The molecule has 2 saturated heterocycles. The van der Waals surface area contributed by atoms with Gasteiger partial charge >= 0.3 is 0 Å². The zero-order valence-electron chi connectivity index (χ0n) is 6.53. The fraction of sp³-hybridized carbons (Fsp3) is 0.875. The van der Waals surface area contributed by atoms with Gasteiger partial charge in [-0.05, 0) is 12.8 Å². The Bertz CT molecular complexity index is 146. The molecule has 2 heterocycles. The molecule has 2 fully saturated rings. The second kappa shape index (κ2) is 2.91. The van der Waals surface area contributed by atoms with Gasteiger partial charge in [0.1, 0.15) is 6.10 Å². The van der Waals surface area contributed by atoms with Gasteiger partial charge in [0.25, 0.3) is 0 Å². The Morgan fingerprint density at radius 2 is 2.36 bits per heavy atom. The number of fused-ring (bicyclic) bond motifs is 1. The van der Waals surface area contributed by atoms with Gasteiger partial charge in [-0.1, -0.05) is 6.42 Å². The van der Waals surface area contributed by atoms with Crippen LogP contribution in [-0.4, -0.2) is 30.0 Å². The number of nitrogens with zero attached hydrogens (tertiary/aromatic N) is 1. The largest absolute Gasteiger partial charge is 0.300 e. The molecule has 0 aliphatic carbocycles. The van der Waals surface area contributed by atoms with E-state index >= 15 is 0 Å². The first-order chi connectivity index (χ1) is 5.40. The van der Waals surface area contributed by atoms with Crippen LogP contribution in [0.4, 0.5) is 0 Å². The molecule has 0 amide bonds. The van der Waals surface area contributed by atoms with Gasteiger partial charge in [-0.15, -0.1) is 0 Å². The fourth-order valence-corrected chi connectivity index (χ4v) is 1.91. The molecule has 2 rings (SSSR count). The van der Waals surface area contributed by atoms with Gasteiger partial charge in [-0.25, -0.2) is 0 Å². The Morgan fingerprint density at radius 1 is 1.45 bits per heavy atom. The highest BCUT2D eigenvalue weighted by molar-refractivity contribution is 5.56. The lowest BCUT2D eigenvalue weighted by atomic mass is 10.0. The molecule has 0 radical (unpaired) electrons. The number of piperidine rings is 1. The molecule has 0 bridgehead atoms. The predicted molar refractivity (Wildman–Crippen MR) is 39.9 cm³/mol. The molecule has 0 unspecified atom stereocenters. The van der Waals surface area contributed by atoms with Crippen molar-refractivity contribution in [3.05, 3.63) is 0 Å². The minimum Gasteiger partial charge on any atom is -0.300 e. The van der Waals surface area contributed by atoms with E-state index in [0.29, 0.717) is 6.04 Å². The van der Waals surface area contributed by atoms with E-state index in [2.05, 4.69) is 0 Å². The number of carbonyl (C=O) groups excluding carboxylic acids is 1. The highest BCUT2D eigenvalue weighted by Gasteiger charge is 2.34. The molecular weight excluding hydrogens is 142 g/mol. The van der Waals surface area contributed by atoms with Crippen molar-refractivity contribution in [2.45, 2.75) is 37.8 Å². The predicted octanol–water partition coefficient (Wildman–Crippen LogP) is 0.744. The van der Waals surface area contributed by atoms with E-state index in [0.717, 1.165) is 19.3 Å². The molecule has 11 heavy (non-hydrogen) atoms. The SMILES string of the molecule is O=C[C@H]1C[C@H]2CCCCN2O1. The Hall–Kier alpha value is -0.410. The summed E-state index contributed by atoms with van der Waals surface area (Å²) in [7, 11) is 0. The van der Waals surface area contributed by atoms with Crippen molar-refractivity contribution in [1.82, 2.24) is 5.06 Å². The maximum atomic E-state index is 10.4. The van der Waals surface area contributed by atoms with Crippen LogP contribution in [0, 0.1) is 0 Å². The molecule has 62 valence electrons. The lowest BCUT2D eigenvalue weighted by Crippen LogP contribution is -2.32. The second-order valence-corrected chi connectivity index (χ2v) is 3.31. The third-order valence-electron chi connectivity index (χ3n) is 2.50. The normalized spacial score (nSPS) is 38.5. The number of carbonyl (C=O) groups is 1. The topological polar surface area (TPSA) is 29.5 Å². The third-order valence-corrected chi connectivity index (χ3v) is 2.50. The van der Waals surface area contributed by atoms with Crippen molar-refractivity contribution in [3.63, 3.8) is 0 Å². The second-order valence-electron chi connectivity index (χ2n) is 3.31. The maximum absolute atomic E-state index is 10.4. The summed E-state index contributed by atoms with van der Waals surface area (Å²) in [4.78, 5) is 15.8. The van der Waals surface area contributed by atoms with E-state index in [1.807, 2.05) is 5.06 Å². The Morgan fingerprint density at radius 3 is 3.09 bits per heavy atom. The first-order valence-electron chi connectivity index (χ1n) is 4.29. The molecule has 2 atom stereocenters. The average Bonchev–Trinajstić information content (AvgIpc) is 2.46. The Balaban J connectivity index is 1.97. The van der Waals surface area contributed by atoms with Crippen LogP contribution in [0.25, 0.3) is 0 Å². The number of hydrogen-bond donors (Lipinski definition) is 0. The summed E-state index contributed by atoms with van der Waals surface area (Å²) in [5.74, 6) is 0. The van der Waals surface area contributed by atoms with E-state index in [4.69, 9.17) is 4.84 Å². The first-order valence-corrected chi connectivity index (χ1v) is 4.29. The van der Waals surface area contributed by atoms with Gasteiger partial charge in [-0.2, -0.15) is 5.06 Å². The summed E-state index contributed by atoms with van der Waals surface area (Å²) in [5, 5.41) is 1.99. The minimum absolute atomic E-state index is 0.155. The summed E-state index contributed by atoms with van der Waals surface area (Å²) in [6.07, 6.45) is 5.36. The van der Waals surface area contributed by atoms with E-state index in [9.17, 15) is 4.79 Å². The van der Waals surface area contributed by atoms with Gasteiger partial charge in [-0.3, -0.25) is 4.84 Å². The van der Waals surface area contributed by atoms with E-state index in [1.165, 1.54) is 19.3 Å². The van der Waals surface area contributed by atoms with Crippen molar-refractivity contribution in [2.75, 3.05) is 6.54 Å². The van der Waals surface area contributed by atoms with Crippen LogP contribution in [0.5, 0.6) is 0 Å². The molecule has 0 saturated carbocycles. The lowest BCUT2D eigenvalue weighted by molar-refractivity contribution is -0.172. The molecule has 2 aliphatic heterocycles. The molecule has 0 aromatic carbocycles. The zero-order chi connectivity index (χ0) is 7.68. The van der Waals surface area contributed by atoms with Crippen molar-refractivity contribution in [3.8, 4) is 0 Å². The van der Waals surface area contributed by atoms with E-state index in [-0.39, 0.29) is 6.10 Å². The number of rotatable bonds is 1. The quantitative estimate of drug-likeness (QED) is 0.523. The van der Waals surface area contributed by atoms with Gasteiger partial charge in [0, 0.05) is 19.0 Å². The molecule has 0 spiro atoms. The monoisotopic (exact) mass is 155 g/mol. The summed E-state index contributed by atoms with van der Waals surface area (Å²) in [5.41, 5.74) is 0. The third kappa shape index (κ3) is 1.30. The summed E-state index contributed by atoms with van der Waals surface area (Å²) in [6, 6.07) is 0.527. The summed E-state index contributed by atoms with van der Waals surface area (Å²) < 4.78 is 0. The molecule has 0 aromatic heterocycles.